The van der Waals surface area contributed by atoms with Crippen LogP contribution in [0.15, 0.2) is 29.2 Å². The first-order valence-electron chi connectivity index (χ1n) is 8.58. The molecule has 0 aromatic heterocycles. The summed E-state index contributed by atoms with van der Waals surface area (Å²) in [6.45, 7) is 6.16. The van der Waals surface area contributed by atoms with Gasteiger partial charge in [-0.15, -0.1) is 12.4 Å². The third-order valence-electron chi connectivity index (χ3n) is 4.03. The van der Waals surface area contributed by atoms with Crippen molar-refractivity contribution in [3.8, 4) is 5.75 Å². The summed E-state index contributed by atoms with van der Waals surface area (Å²) < 4.78 is 28.2. The van der Waals surface area contributed by atoms with Crippen molar-refractivity contribution in [1.29, 1.82) is 0 Å². The molecule has 148 valence electrons. The topological polar surface area (TPSA) is 87.7 Å². The molecule has 26 heavy (non-hydrogen) atoms. The summed E-state index contributed by atoms with van der Waals surface area (Å²) in [6, 6.07) is 6.20. The first kappa shape index (κ1) is 22.7. The highest BCUT2D eigenvalue weighted by Crippen LogP contribution is 2.15. The fraction of sp³-hybridized carbons (Fsp3) is 0.588. The Morgan fingerprint density at radius 3 is 2.50 bits per heavy atom. The molecule has 0 bridgehead atoms. The van der Waals surface area contributed by atoms with Gasteiger partial charge in [0, 0.05) is 39.0 Å². The van der Waals surface area contributed by atoms with E-state index in [-0.39, 0.29) is 36.2 Å². The van der Waals surface area contributed by atoms with E-state index in [0.717, 1.165) is 45.4 Å². The zero-order chi connectivity index (χ0) is 18.1. The second-order valence-corrected chi connectivity index (χ2v) is 8.15. The van der Waals surface area contributed by atoms with Crippen LogP contribution < -0.4 is 15.4 Å². The molecule has 9 heteroatoms. The van der Waals surface area contributed by atoms with Gasteiger partial charge in [0.1, 0.15) is 5.75 Å². The Morgan fingerprint density at radius 2 is 1.88 bits per heavy atom. The first-order valence-corrected chi connectivity index (χ1v) is 10.5. The SMILES string of the molecule is CS(=O)(=O)c1ccc(OCCC(=O)NCCCN2CCNCC2)cc1.Cl. The van der Waals surface area contributed by atoms with E-state index in [4.69, 9.17) is 4.74 Å². The lowest BCUT2D eigenvalue weighted by Crippen LogP contribution is -2.44. The minimum Gasteiger partial charge on any atom is -0.493 e. The van der Waals surface area contributed by atoms with Gasteiger partial charge in [0.05, 0.1) is 17.9 Å². The van der Waals surface area contributed by atoms with Gasteiger partial charge >= 0.3 is 0 Å². The first-order chi connectivity index (χ1) is 11.9. The van der Waals surface area contributed by atoms with Crippen LogP contribution in [0.4, 0.5) is 0 Å². The molecule has 1 aliphatic rings. The Morgan fingerprint density at radius 1 is 1.23 bits per heavy atom. The summed E-state index contributed by atoms with van der Waals surface area (Å²) in [5.74, 6) is 0.520. The molecule has 0 unspecified atom stereocenters. The van der Waals surface area contributed by atoms with Gasteiger partial charge in [0.25, 0.3) is 0 Å². The number of hydrogen-bond acceptors (Lipinski definition) is 6. The molecule has 0 saturated carbocycles. The lowest BCUT2D eigenvalue weighted by molar-refractivity contribution is -0.121. The molecule has 0 radical (unpaired) electrons. The van der Waals surface area contributed by atoms with Crippen molar-refractivity contribution >= 4 is 28.2 Å². The van der Waals surface area contributed by atoms with Crippen molar-refractivity contribution in [2.45, 2.75) is 17.7 Å². The van der Waals surface area contributed by atoms with Crippen molar-refractivity contribution < 1.29 is 17.9 Å². The Labute approximate surface area is 161 Å². The van der Waals surface area contributed by atoms with E-state index in [2.05, 4.69) is 15.5 Å². The van der Waals surface area contributed by atoms with Gasteiger partial charge in [-0.05, 0) is 37.2 Å². The van der Waals surface area contributed by atoms with Gasteiger partial charge < -0.3 is 20.3 Å². The van der Waals surface area contributed by atoms with E-state index in [1.165, 1.54) is 12.1 Å². The monoisotopic (exact) mass is 405 g/mol. The molecule has 1 saturated heterocycles. The zero-order valence-electron chi connectivity index (χ0n) is 15.1. The van der Waals surface area contributed by atoms with Crippen LogP contribution in [0.5, 0.6) is 5.75 Å². The summed E-state index contributed by atoms with van der Waals surface area (Å²) in [5.41, 5.74) is 0. The lowest BCUT2D eigenvalue weighted by atomic mass is 10.3. The number of carbonyl (C=O) groups is 1. The fourth-order valence-corrected chi connectivity index (χ4v) is 3.23. The van der Waals surface area contributed by atoms with Crippen molar-refractivity contribution in [3.05, 3.63) is 24.3 Å². The maximum Gasteiger partial charge on any atom is 0.223 e. The fourth-order valence-electron chi connectivity index (χ4n) is 2.60. The largest absolute Gasteiger partial charge is 0.493 e. The minimum absolute atomic E-state index is 0. The van der Waals surface area contributed by atoms with Crippen molar-refractivity contribution in [2.75, 3.05) is 52.1 Å². The Bertz CT molecular complexity index is 646. The third kappa shape index (κ3) is 8.35. The Kier molecular flexibility index (Phi) is 9.93. The molecular weight excluding hydrogens is 378 g/mol. The van der Waals surface area contributed by atoms with E-state index in [1.54, 1.807) is 12.1 Å². The second-order valence-electron chi connectivity index (χ2n) is 6.14. The maximum absolute atomic E-state index is 11.8. The van der Waals surface area contributed by atoms with Gasteiger partial charge in [-0.2, -0.15) is 0 Å². The molecule has 1 heterocycles. The van der Waals surface area contributed by atoms with Gasteiger partial charge in [0.15, 0.2) is 9.84 Å². The molecule has 1 aromatic carbocycles. The number of carbonyl (C=O) groups excluding carboxylic acids is 1. The van der Waals surface area contributed by atoms with Crippen LogP contribution in [-0.4, -0.2) is 71.4 Å². The number of ether oxygens (including phenoxy) is 1. The number of nitrogens with zero attached hydrogens (tertiary/aromatic N) is 1. The van der Waals surface area contributed by atoms with E-state index < -0.39 is 9.84 Å². The van der Waals surface area contributed by atoms with Crippen LogP contribution in [0.1, 0.15) is 12.8 Å². The third-order valence-corrected chi connectivity index (χ3v) is 5.16. The number of nitrogens with one attached hydrogen (secondary N) is 2. The quantitative estimate of drug-likeness (QED) is 0.588. The van der Waals surface area contributed by atoms with Crippen molar-refractivity contribution in [3.63, 3.8) is 0 Å². The van der Waals surface area contributed by atoms with Crippen LogP contribution in [0, 0.1) is 0 Å². The summed E-state index contributed by atoms with van der Waals surface area (Å²) in [7, 11) is -3.20. The van der Waals surface area contributed by atoms with Crippen molar-refractivity contribution in [2.24, 2.45) is 0 Å². The summed E-state index contributed by atoms with van der Waals surface area (Å²) in [6.07, 6.45) is 2.39. The summed E-state index contributed by atoms with van der Waals surface area (Å²) in [4.78, 5) is 14.4. The van der Waals surface area contributed by atoms with Crippen LogP contribution in [-0.2, 0) is 14.6 Å². The van der Waals surface area contributed by atoms with E-state index in [9.17, 15) is 13.2 Å². The molecule has 1 fully saturated rings. The number of halogens is 1. The standard InChI is InChI=1S/C17H27N3O4S.ClH/c1-25(22,23)16-5-3-15(4-6-16)24-14-7-17(21)19-8-2-11-20-12-9-18-10-13-20;/h3-6,18H,2,7-14H2,1H3,(H,19,21);1H. The number of rotatable bonds is 9. The molecule has 1 aliphatic heterocycles. The number of hydrogen-bond donors (Lipinski definition) is 2. The number of sulfone groups is 1. The summed E-state index contributed by atoms with van der Waals surface area (Å²) >= 11 is 0. The molecule has 2 N–H and O–H groups in total. The average molecular weight is 406 g/mol. The molecule has 2 rings (SSSR count). The number of benzene rings is 1. The molecule has 0 spiro atoms. The highest BCUT2D eigenvalue weighted by atomic mass is 35.5. The second kappa shape index (κ2) is 11.4. The smallest absolute Gasteiger partial charge is 0.223 e. The van der Waals surface area contributed by atoms with Gasteiger partial charge in [-0.3, -0.25) is 4.79 Å². The van der Waals surface area contributed by atoms with E-state index >= 15 is 0 Å². The maximum atomic E-state index is 11.8. The normalized spacial score (nSPS) is 15.1. The van der Waals surface area contributed by atoms with Gasteiger partial charge in [-0.1, -0.05) is 0 Å². The molecule has 7 nitrogen and oxygen atoms in total. The van der Waals surface area contributed by atoms with Gasteiger partial charge in [-0.25, -0.2) is 8.42 Å². The van der Waals surface area contributed by atoms with E-state index in [1.807, 2.05) is 0 Å². The van der Waals surface area contributed by atoms with Gasteiger partial charge in [0.2, 0.25) is 5.91 Å². The predicted octanol–water partition coefficient (Wildman–Crippen LogP) is 0.692. The highest BCUT2D eigenvalue weighted by Gasteiger charge is 2.09. The van der Waals surface area contributed by atoms with Crippen LogP contribution >= 0.6 is 12.4 Å². The van der Waals surface area contributed by atoms with Crippen LogP contribution in [0.25, 0.3) is 0 Å². The molecular formula is C17H28ClN3O4S. The van der Waals surface area contributed by atoms with Crippen LogP contribution in [0.2, 0.25) is 0 Å². The Hall–Kier alpha value is -1.35. The lowest BCUT2D eigenvalue weighted by Gasteiger charge is -2.27. The molecule has 0 atom stereocenters. The molecule has 1 aromatic rings. The van der Waals surface area contributed by atoms with Crippen molar-refractivity contribution in [1.82, 2.24) is 15.5 Å². The highest BCUT2D eigenvalue weighted by molar-refractivity contribution is 7.90. The Balaban J connectivity index is 0.00000338. The minimum atomic E-state index is -3.20. The average Bonchev–Trinajstić information content (AvgIpc) is 2.59. The summed E-state index contributed by atoms with van der Waals surface area (Å²) in [5, 5.41) is 6.21. The predicted molar refractivity (Wildman–Crippen MR) is 104 cm³/mol. The number of piperazine rings is 1. The zero-order valence-corrected chi connectivity index (χ0v) is 16.7. The van der Waals surface area contributed by atoms with E-state index in [0.29, 0.717) is 12.3 Å². The molecule has 1 amide bonds. The molecule has 0 aliphatic carbocycles. The number of amides is 1. The van der Waals surface area contributed by atoms with Crippen LogP contribution in [0.3, 0.4) is 0 Å².